The quantitative estimate of drug-likeness (QED) is 0.613. The molecule has 2 aromatic carbocycles. The molecule has 0 spiro atoms. The summed E-state index contributed by atoms with van der Waals surface area (Å²) in [5.41, 5.74) is 3.78. The number of methoxy groups -OCH3 is 1. The number of sulfonamides is 1. The Bertz CT molecular complexity index is 956. The van der Waals surface area contributed by atoms with Gasteiger partial charge in [-0.25, -0.2) is 8.42 Å². The van der Waals surface area contributed by atoms with Gasteiger partial charge in [0.1, 0.15) is 5.75 Å². The van der Waals surface area contributed by atoms with E-state index in [1.54, 1.807) is 13.2 Å². The summed E-state index contributed by atoms with van der Waals surface area (Å²) < 4.78 is 31.1. The molecule has 0 fully saturated rings. The Balaban J connectivity index is 1.98. The second-order valence-electron chi connectivity index (χ2n) is 7.51. The molecular weight excluding hydrogens is 400 g/mol. The second-order valence-corrected chi connectivity index (χ2v) is 9.42. The van der Waals surface area contributed by atoms with E-state index < -0.39 is 10.0 Å². The molecular formula is C23H32N2O4S. The Labute approximate surface area is 180 Å². The van der Waals surface area contributed by atoms with E-state index >= 15 is 0 Å². The Hall–Kier alpha value is -2.54. The molecule has 6 nitrogen and oxygen atoms in total. The molecule has 1 N–H and O–H groups in total. The molecule has 0 aliphatic carbocycles. The molecule has 0 aromatic heterocycles. The molecule has 0 aliphatic rings. The number of hydrogen-bond donors (Lipinski definition) is 1. The first kappa shape index (κ1) is 23.7. The highest BCUT2D eigenvalue weighted by Gasteiger charge is 2.19. The van der Waals surface area contributed by atoms with E-state index in [4.69, 9.17) is 4.74 Å². The van der Waals surface area contributed by atoms with E-state index in [-0.39, 0.29) is 24.9 Å². The van der Waals surface area contributed by atoms with Gasteiger partial charge in [0.15, 0.2) is 0 Å². The Morgan fingerprint density at radius 2 is 1.77 bits per heavy atom. The van der Waals surface area contributed by atoms with Crippen molar-refractivity contribution in [1.82, 2.24) is 5.32 Å². The van der Waals surface area contributed by atoms with Gasteiger partial charge in [-0.1, -0.05) is 25.1 Å². The summed E-state index contributed by atoms with van der Waals surface area (Å²) in [6, 6.07) is 13.1. The van der Waals surface area contributed by atoms with Crippen LogP contribution in [0.1, 0.15) is 48.9 Å². The zero-order chi connectivity index (χ0) is 22.3. The van der Waals surface area contributed by atoms with E-state index in [9.17, 15) is 13.2 Å². The van der Waals surface area contributed by atoms with Crippen LogP contribution >= 0.6 is 0 Å². The van der Waals surface area contributed by atoms with Gasteiger partial charge in [0, 0.05) is 13.0 Å². The number of ether oxygens (including phenoxy) is 1. The Morgan fingerprint density at radius 3 is 2.30 bits per heavy atom. The minimum absolute atomic E-state index is 0.0887. The van der Waals surface area contributed by atoms with Crippen molar-refractivity contribution in [3.05, 3.63) is 59.2 Å². The summed E-state index contributed by atoms with van der Waals surface area (Å²) in [6.45, 7) is 6.21. The summed E-state index contributed by atoms with van der Waals surface area (Å²) in [5.74, 6) is 0.679. The van der Waals surface area contributed by atoms with Crippen LogP contribution in [0, 0.1) is 13.8 Å². The standard InChI is InChI=1S/C23H32N2O4S/c1-6-22(19-10-13-21(29-4)14-11-19)24-23(26)8-7-15-25(30(5,27)28)20-12-9-17(2)18(3)16-20/h9-14,16,22H,6-8,15H2,1-5H3,(H,24,26)/t22-/m0/s1. The maximum absolute atomic E-state index is 12.5. The number of aryl methyl sites for hydroxylation is 2. The molecule has 164 valence electrons. The maximum Gasteiger partial charge on any atom is 0.232 e. The van der Waals surface area contributed by atoms with Crippen molar-refractivity contribution < 1.29 is 17.9 Å². The molecule has 0 saturated carbocycles. The summed E-state index contributed by atoms with van der Waals surface area (Å²) >= 11 is 0. The predicted octanol–water partition coefficient (Wildman–Crippen LogP) is 4.13. The van der Waals surface area contributed by atoms with Crippen molar-refractivity contribution in [3.8, 4) is 5.75 Å². The number of anilines is 1. The van der Waals surface area contributed by atoms with Crippen molar-refractivity contribution in [2.45, 2.75) is 46.1 Å². The van der Waals surface area contributed by atoms with Crippen molar-refractivity contribution >= 4 is 21.6 Å². The van der Waals surface area contributed by atoms with Crippen LogP contribution in [0.25, 0.3) is 0 Å². The lowest BCUT2D eigenvalue weighted by Crippen LogP contribution is -2.33. The summed E-state index contributed by atoms with van der Waals surface area (Å²) in [6.07, 6.45) is 2.64. The van der Waals surface area contributed by atoms with Gasteiger partial charge >= 0.3 is 0 Å². The zero-order valence-corrected chi connectivity index (χ0v) is 19.3. The van der Waals surface area contributed by atoms with Crippen LogP contribution in [0.15, 0.2) is 42.5 Å². The number of carbonyl (C=O) groups is 1. The van der Waals surface area contributed by atoms with Crippen LogP contribution in [-0.2, 0) is 14.8 Å². The van der Waals surface area contributed by atoms with E-state index in [2.05, 4.69) is 5.32 Å². The van der Waals surface area contributed by atoms with Crippen molar-refractivity contribution in [2.75, 3.05) is 24.2 Å². The molecule has 1 atom stereocenters. The number of nitrogens with zero attached hydrogens (tertiary/aromatic N) is 1. The molecule has 2 rings (SSSR count). The molecule has 0 unspecified atom stereocenters. The molecule has 30 heavy (non-hydrogen) atoms. The van der Waals surface area contributed by atoms with Gasteiger partial charge in [-0.15, -0.1) is 0 Å². The van der Waals surface area contributed by atoms with Gasteiger partial charge < -0.3 is 10.1 Å². The first-order valence-corrected chi connectivity index (χ1v) is 12.0. The number of rotatable bonds is 10. The highest BCUT2D eigenvalue weighted by molar-refractivity contribution is 7.92. The van der Waals surface area contributed by atoms with Crippen molar-refractivity contribution in [2.24, 2.45) is 0 Å². The number of nitrogens with one attached hydrogen (secondary N) is 1. The molecule has 0 radical (unpaired) electrons. The summed E-state index contributed by atoms with van der Waals surface area (Å²) in [4.78, 5) is 12.5. The largest absolute Gasteiger partial charge is 0.497 e. The van der Waals surface area contributed by atoms with Crippen molar-refractivity contribution in [1.29, 1.82) is 0 Å². The SMILES string of the molecule is CC[C@H](NC(=O)CCCN(c1ccc(C)c(C)c1)S(C)(=O)=O)c1ccc(OC)cc1. The zero-order valence-electron chi connectivity index (χ0n) is 18.4. The van der Waals surface area contributed by atoms with Crippen LogP contribution in [0.3, 0.4) is 0 Å². The monoisotopic (exact) mass is 432 g/mol. The van der Waals surface area contributed by atoms with Crippen molar-refractivity contribution in [3.63, 3.8) is 0 Å². The van der Waals surface area contributed by atoms with E-state index in [1.807, 2.05) is 57.2 Å². The van der Waals surface area contributed by atoms with Crippen LogP contribution in [-0.4, -0.2) is 34.2 Å². The fourth-order valence-corrected chi connectivity index (χ4v) is 4.23. The summed E-state index contributed by atoms with van der Waals surface area (Å²) in [5, 5.41) is 3.04. The van der Waals surface area contributed by atoms with E-state index in [1.165, 1.54) is 10.6 Å². The average Bonchev–Trinajstić information content (AvgIpc) is 2.71. The number of carbonyl (C=O) groups excluding carboxylic acids is 1. The number of benzene rings is 2. The van der Waals surface area contributed by atoms with E-state index in [0.29, 0.717) is 12.1 Å². The minimum Gasteiger partial charge on any atom is -0.497 e. The van der Waals surface area contributed by atoms with Gasteiger partial charge in [0.05, 0.1) is 25.1 Å². The van der Waals surface area contributed by atoms with Crippen LogP contribution in [0.5, 0.6) is 5.75 Å². The first-order valence-electron chi connectivity index (χ1n) is 10.1. The maximum atomic E-state index is 12.5. The van der Waals surface area contributed by atoms with Gasteiger partial charge in [-0.3, -0.25) is 9.10 Å². The minimum atomic E-state index is -3.43. The van der Waals surface area contributed by atoms with Gasteiger partial charge in [0.25, 0.3) is 0 Å². The number of hydrogen-bond acceptors (Lipinski definition) is 4. The second kappa shape index (κ2) is 10.5. The number of amides is 1. The molecule has 1 amide bonds. The first-order chi connectivity index (χ1) is 14.2. The molecule has 0 bridgehead atoms. The third-order valence-electron chi connectivity index (χ3n) is 5.21. The molecule has 0 heterocycles. The van der Waals surface area contributed by atoms with Gasteiger partial charge in [0.2, 0.25) is 15.9 Å². The van der Waals surface area contributed by atoms with Gasteiger partial charge in [-0.05, 0) is 67.6 Å². The van der Waals surface area contributed by atoms with Crippen LogP contribution in [0.4, 0.5) is 5.69 Å². The molecule has 0 saturated heterocycles. The highest BCUT2D eigenvalue weighted by Crippen LogP contribution is 2.23. The fourth-order valence-electron chi connectivity index (χ4n) is 3.27. The molecule has 0 aliphatic heterocycles. The lowest BCUT2D eigenvalue weighted by Gasteiger charge is -2.23. The van der Waals surface area contributed by atoms with E-state index in [0.717, 1.165) is 28.9 Å². The Morgan fingerprint density at radius 1 is 1.10 bits per heavy atom. The lowest BCUT2D eigenvalue weighted by atomic mass is 10.0. The van der Waals surface area contributed by atoms with Crippen LogP contribution in [0.2, 0.25) is 0 Å². The highest BCUT2D eigenvalue weighted by atomic mass is 32.2. The van der Waals surface area contributed by atoms with Crippen LogP contribution < -0.4 is 14.4 Å². The molecule has 7 heteroatoms. The molecule has 2 aromatic rings. The fraction of sp³-hybridized carbons (Fsp3) is 0.435. The third-order valence-corrected chi connectivity index (χ3v) is 6.40. The topological polar surface area (TPSA) is 75.7 Å². The smallest absolute Gasteiger partial charge is 0.232 e. The lowest BCUT2D eigenvalue weighted by molar-refractivity contribution is -0.121. The predicted molar refractivity (Wildman–Crippen MR) is 122 cm³/mol. The van der Waals surface area contributed by atoms with Gasteiger partial charge in [-0.2, -0.15) is 0 Å². The average molecular weight is 433 g/mol. The third kappa shape index (κ3) is 6.49. The normalized spacial score (nSPS) is 12.3. The Kier molecular flexibility index (Phi) is 8.29. The summed E-state index contributed by atoms with van der Waals surface area (Å²) in [7, 11) is -1.82.